The molecule has 0 spiro atoms. The highest BCUT2D eigenvalue weighted by molar-refractivity contribution is 5.85. The summed E-state index contributed by atoms with van der Waals surface area (Å²) in [5, 5.41) is 7.43. The maximum atomic E-state index is 5.95. The lowest BCUT2D eigenvalue weighted by Crippen LogP contribution is -2.48. The number of hydrogen-bond acceptors (Lipinski definition) is 6. The minimum Gasteiger partial charge on any atom is -0.493 e. The van der Waals surface area contributed by atoms with Crippen molar-refractivity contribution >= 4 is 12.4 Å². The van der Waals surface area contributed by atoms with E-state index in [1.165, 1.54) is 5.56 Å². The number of hydrogen-bond donors (Lipinski definition) is 1. The lowest BCUT2D eigenvalue weighted by molar-refractivity contribution is 0.199. The smallest absolute Gasteiger partial charge is 0.161 e. The SMILES string of the molecule is COc1cc(CN2CCN[C@@H](C)C2)ccc1OCc1c(C)noc1C.Cl. The Morgan fingerprint density at radius 3 is 2.77 bits per heavy atom. The van der Waals surface area contributed by atoms with Crippen molar-refractivity contribution in [2.75, 3.05) is 26.7 Å². The molecule has 1 fully saturated rings. The molecule has 1 N–H and O–H groups in total. The van der Waals surface area contributed by atoms with Gasteiger partial charge in [-0.15, -0.1) is 12.4 Å². The number of rotatable bonds is 6. The summed E-state index contributed by atoms with van der Waals surface area (Å²) in [6, 6.07) is 6.69. The van der Waals surface area contributed by atoms with Crippen LogP contribution in [0.3, 0.4) is 0 Å². The van der Waals surface area contributed by atoms with Crippen LogP contribution in [0.15, 0.2) is 22.7 Å². The Morgan fingerprint density at radius 1 is 1.31 bits per heavy atom. The van der Waals surface area contributed by atoms with E-state index in [1.54, 1.807) is 7.11 Å². The first-order valence-corrected chi connectivity index (χ1v) is 8.74. The summed E-state index contributed by atoms with van der Waals surface area (Å²) < 4.78 is 16.7. The Bertz CT molecular complexity index is 701. The highest BCUT2D eigenvalue weighted by Gasteiger charge is 2.17. The molecule has 2 aromatic rings. The topological polar surface area (TPSA) is 59.8 Å². The molecule has 3 rings (SSSR count). The highest BCUT2D eigenvalue weighted by Crippen LogP contribution is 2.30. The van der Waals surface area contributed by atoms with Crippen LogP contribution < -0.4 is 14.8 Å². The molecule has 0 aliphatic carbocycles. The van der Waals surface area contributed by atoms with Crippen LogP contribution in [0.5, 0.6) is 11.5 Å². The van der Waals surface area contributed by atoms with Crippen molar-refractivity contribution in [3.05, 3.63) is 40.8 Å². The van der Waals surface area contributed by atoms with Crippen LogP contribution in [0.1, 0.15) is 29.5 Å². The molecule has 0 radical (unpaired) electrons. The highest BCUT2D eigenvalue weighted by atomic mass is 35.5. The third kappa shape index (κ3) is 4.90. The standard InChI is InChI=1S/C19H27N3O3.ClH/c1-13-10-22(8-7-20-13)11-16-5-6-18(19(9-16)23-4)24-12-17-14(2)21-25-15(17)3;/h5-6,9,13,20H,7-8,10-12H2,1-4H3;1H/t13-;/m0./s1. The van der Waals surface area contributed by atoms with E-state index in [0.29, 0.717) is 12.6 Å². The minimum absolute atomic E-state index is 0. The van der Waals surface area contributed by atoms with Crippen molar-refractivity contribution in [2.24, 2.45) is 0 Å². The quantitative estimate of drug-likeness (QED) is 0.829. The number of piperazine rings is 1. The van der Waals surface area contributed by atoms with E-state index in [2.05, 4.69) is 34.4 Å². The summed E-state index contributed by atoms with van der Waals surface area (Å²) in [4.78, 5) is 2.46. The van der Waals surface area contributed by atoms with Crippen LogP contribution in [0.25, 0.3) is 0 Å². The molecule has 2 heterocycles. The zero-order valence-electron chi connectivity index (χ0n) is 15.9. The van der Waals surface area contributed by atoms with Crippen molar-refractivity contribution in [1.29, 1.82) is 0 Å². The van der Waals surface area contributed by atoms with Crippen LogP contribution >= 0.6 is 12.4 Å². The van der Waals surface area contributed by atoms with Gasteiger partial charge in [0.05, 0.1) is 18.4 Å². The van der Waals surface area contributed by atoms with Gasteiger partial charge in [0.2, 0.25) is 0 Å². The molecule has 1 aromatic heterocycles. The van der Waals surface area contributed by atoms with E-state index in [9.17, 15) is 0 Å². The van der Waals surface area contributed by atoms with Gasteiger partial charge in [0, 0.05) is 32.2 Å². The Hall–Kier alpha value is -1.76. The Balaban J connectivity index is 0.00000243. The first-order valence-electron chi connectivity index (χ1n) is 8.74. The van der Waals surface area contributed by atoms with Gasteiger partial charge in [0.15, 0.2) is 11.5 Å². The first-order chi connectivity index (χ1) is 12.1. The molecule has 1 aliphatic rings. The molecule has 7 heteroatoms. The van der Waals surface area contributed by atoms with E-state index >= 15 is 0 Å². The number of halogens is 1. The molecule has 6 nitrogen and oxygen atoms in total. The van der Waals surface area contributed by atoms with Crippen LogP contribution in [0.4, 0.5) is 0 Å². The predicted molar refractivity (Wildman–Crippen MR) is 103 cm³/mol. The summed E-state index contributed by atoms with van der Waals surface area (Å²) in [5.41, 5.74) is 3.08. The van der Waals surface area contributed by atoms with E-state index < -0.39 is 0 Å². The van der Waals surface area contributed by atoms with Gasteiger partial charge in [0.1, 0.15) is 12.4 Å². The molecular formula is C19H28ClN3O3. The van der Waals surface area contributed by atoms with Crippen molar-refractivity contribution in [2.45, 2.75) is 40.0 Å². The fraction of sp³-hybridized carbons (Fsp3) is 0.526. The minimum atomic E-state index is 0. The van der Waals surface area contributed by atoms with Crippen molar-refractivity contribution < 1.29 is 14.0 Å². The van der Waals surface area contributed by atoms with Gasteiger partial charge in [-0.1, -0.05) is 11.2 Å². The summed E-state index contributed by atoms with van der Waals surface area (Å²) in [6.07, 6.45) is 0. The zero-order valence-corrected chi connectivity index (χ0v) is 16.7. The lowest BCUT2D eigenvalue weighted by Gasteiger charge is -2.31. The molecule has 0 bridgehead atoms. The number of benzene rings is 1. The second kappa shape index (κ2) is 9.26. The molecule has 144 valence electrons. The predicted octanol–water partition coefficient (Wildman–Crippen LogP) is 3.09. The van der Waals surface area contributed by atoms with Gasteiger partial charge >= 0.3 is 0 Å². The molecule has 1 saturated heterocycles. The van der Waals surface area contributed by atoms with Gasteiger partial charge in [0.25, 0.3) is 0 Å². The van der Waals surface area contributed by atoms with Gasteiger partial charge in [-0.3, -0.25) is 4.90 Å². The van der Waals surface area contributed by atoms with E-state index in [1.807, 2.05) is 19.9 Å². The van der Waals surface area contributed by atoms with E-state index in [-0.39, 0.29) is 12.4 Å². The molecule has 0 saturated carbocycles. The van der Waals surface area contributed by atoms with Gasteiger partial charge < -0.3 is 19.3 Å². The fourth-order valence-electron chi connectivity index (χ4n) is 3.20. The number of methoxy groups -OCH3 is 1. The number of nitrogens with one attached hydrogen (secondary N) is 1. The van der Waals surface area contributed by atoms with Crippen molar-refractivity contribution in [3.63, 3.8) is 0 Å². The third-order valence-electron chi connectivity index (χ3n) is 4.64. The maximum Gasteiger partial charge on any atom is 0.161 e. The summed E-state index contributed by atoms with van der Waals surface area (Å²) in [5.74, 6) is 2.29. The molecule has 1 atom stereocenters. The summed E-state index contributed by atoms with van der Waals surface area (Å²) in [7, 11) is 1.68. The molecule has 1 aliphatic heterocycles. The lowest BCUT2D eigenvalue weighted by atomic mass is 10.1. The largest absolute Gasteiger partial charge is 0.493 e. The average molecular weight is 382 g/mol. The molecule has 1 aromatic carbocycles. The van der Waals surface area contributed by atoms with Gasteiger partial charge in [-0.05, 0) is 38.5 Å². The fourth-order valence-corrected chi connectivity index (χ4v) is 3.20. The summed E-state index contributed by atoms with van der Waals surface area (Å²) >= 11 is 0. The number of ether oxygens (including phenoxy) is 2. The van der Waals surface area contributed by atoms with Crippen molar-refractivity contribution in [3.8, 4) is 11.5 Å². The monoisotopic (exact) mass is 381 g/mol. The van der Waals surface area contributed by atoms with Gasteiger partial charge in [-0.25, -0.2) is 0 Å². The zero-order chi connectivity index (χ0) is 17.8. The van der Waals surface area contributed by atoms with Crippen LogP contribution in [-0.4, -0.2) is 42.8 Å². The third-order valence-corrected chi connectivity index (χ3v) is 4.64. The van der Waals surface area contributed by atoms with Crippen LogP contribution in [-0.2, 0) is 13.2 Å². The molecular weight excluding hydrogens is 354 g/mol. The number of aryl methyl sites for hydroxylation is 2. The van der Waals surface area contributed by atoms with Crippen LogP contribution in [0.2, 0.25) is 0 Å². The molecule has 0 unspecified atom stereocenters. The van der Waals surface area contributed by atoms with E-state index in [0.717, 1.165) is 54.7 Å². The van der Waals surface area contributed by atoms with Crippen LogP contribution in [0, 0.1) is 13.8 Å². The van der Waals surface area contributed by atoms with Crippen molar-refractivity contribution in [1.82, 2.24) is 15.4 Å². The Morgan fingerprint density at radius 2 is 2.12 bits per heavy atom. The molecule has 0 amide bonds. The summed E-state index contributed by atoms with van der Waals surface area (Å²) in [6.45, 7) is 10.6. The first kappa shape index (κ1) is 20.6. The van der Waals surface area contributed by atoms with E-state index in [4.69, 9.17) is 14.0 Å². The number of aromatic nitrogens is 1. The number of nitrogens with zero attached hydrogens (tertiary/aromatic N) is 2. The normalized spacial score (nSPS) is 17.6. The second-order valence-corrected chi connectivity index (χ2v) is 6.67. The van der Waals surface area contributed by atoms with Gasteiger partial charge in [-0.2, -0.15) is 0 Å². The Kier molecular flexibility index (Phi) is 7.32. The second-order valence-electron chi connectivity index (χ2n) is 6.67. The average Bonchev–Trinajstić information content (AvgIpc) is 2.92. The molecule has 26 heavy (non-hydrogen) atoms. The Labute approximate surface area is 161 Å². The maximum absolute atomic E-state index is 5.95.